The third kappa shape index (κ3) is 5.28. The van der Waals surface area contributed by atoms with E-state index in [2.05, 4.69) is 29.6 Å². The lowest BCUT2D eigenvalue weighted by atomic mass is 9.98. The number of aliphatic carboxylic acids is 1. The number of benzene rings is 2. The van der Waals surface area contributed by atoms with Gasteiger partial charge in [0.1, 0.15) is 12.6 Å². The first-order chi connectivity index (χ1) is 15.3. The number of rotatable bonds is 9. The molecule has 7 nitrogen and oxygen atoms in total. The molecule has 2 aromatic carbocycles. The quantitative estimate of drug-likeness (QED) is 0.617. The number of hydrogen-bond acceptors (Lipinski definition) is 4. The first-order valence-corrected chi connectivity index (χ1v) is 10.9. The number of carboxylic acid groups (broad SMARTS) is 1. The molecule has 0 heterocycles. The van der Waals surface area contributed by atoms with E-state index in [1.165, 1.54) is 30.0 Å². The highest BCUT2D eigenvalue weighted by Crippen LogP contribution is 2.44. The fourth-order valence-electron chi connectivity index (χ4n) is 4.03. The van der Waals surface area contributed by atoms with Gasteiger partial charge >= 0.3 is 12.1 Å². The van der Waals surface area contributed by atoms with Crippen molar-refractivity contribution < 1.29 is 24.2 Å². The Morgan fingerprint density at radius 1 is 1.03 bits per heavy atom. The molecule has 170 valence electrons. The number of nitrogens with zero attached hydrogens (tertiary/aromatic N) is 1. The Morgan fingerprint density at radius 2 is 1.59 bits per heavy atom. The van der Waals surface area contributed by atoms with Gasteiger partial charge in [-0.15, -0.1) is 0 Å². The Labute approximate surface area is 188 Å². The van der Waals surface area contributed by atoms with Gasteiger partial charge in [-0.25, -0.2) is 9.59 Å². The predicted octanol–water partition coefficient (Wildman–Crippen LogP) is 4.02. The third-order valence-corrected chi connectivity index (χ3v) is 6.07. The average Bonchev–Trinajstić information content (AvgIpc) is 3.10. The molecule has 0 spiro atoms. The molecule has 0 aromatic heterocycles. The predicted molar refractivity (Wildman–Crippen MR) is 121 cm³/mol. The van der Waals surface area contributed by atoms with Crippen LogP contribution < -0.4 is 5.32 Å². The number of likely N-dealkylation sites (N-methyl/N-ethyl adjacent to an activating group) is 1. The van der Waals surface area contributed by atoms with Crippen molar-refractivity contribution in [2.45, 2.75) is 51.1 Å². The van der Waals surface area contributed by atoms with Crippen molar-refractivity contribution in [1.82, 2.24) is 10.2 Å². The molecule has 32 heavy (non-hydrogen) atoms. The SMILES string of the molecule is CC(CCCC(=O)N(C)C(C)C(=O)O)NC(=O)OCC1c2ccccc2-c2ccccc21. The zero-order chi connectivity index (χ0) is 23.3. The van der Waals surface area contributed by atoms with E-state index in [1.54, 1.807) is 0 Å². The van der Waals surface area contributed by atoms with Crippen LogP contribution in [0.1, 0.15) is 50.2 Å². The van der Waals surface area contributed by atoms with Gasteiger partial charge in [0, 0.05) is 25.4 Å². The summed E-state index contributed by atoms with van der Waals surface area (Å²) in [5, 5.41) is 11.8. The highest BCUT2D eigenvalue weighted by atomic mass is 16.5. The van der Waals surface area contributed by atoms with Crippen molar-refractivity contribution in [3.05, 3.63) is 59.7 Å². The second-order valence-electron chi connectivity index (χ2n) is 8.28. The number of carbonyl (C=O) groups excluding carboxylic acids is 2. The number of amides is 2. The number of hydrogen-bond donors (Lipinski definition) is 2. The molecule has 0 bridgehead atoms. The fraction of sp³-hybridized carbons (Fsp3) is 0.400. The van der Waals surface area contributed by atoms with Crippen LogP contribution in [0, 0.1) is 0 Å². The average molecular weight is 439 g/mol. The third-order valence-electron chi connectivity index (χ3n) is 6.07. The van der Waals surface area contributed by atoms with Crippen LogP contribution in [0.25, 0.3) is 11.1 Å². The van der Waals surface area contributed by atoms with Crippen molar-refractivity contribution >= 4 is 18.0 Å². The second-order valence-corrected chi connectivity index (χ2v) is 8.28. The lowest BCUT2D eigenvalue weighted by molar-refractivity contribution is -0.148. The minimum Gasteiger partial charge on any atom is -0.480 e. The lowest BCUT2D eigenvalue weighted by Gasteiger charge is -2.22. The highest BCUT2D eigenvalue weighted by Gasteiger charge is 2.29. The van der Waals surface area contributed by atoms with Gasteiger partial charge in [0.05, 0.1) is 0 Å². The molecule has 0 fully saturated rings. The van der Waals surface area contributed by atoms with Crippen molar-refractivity contribution in [2.24, 2.45) is 0 Å². The maximum Gasteiger partial charge on any atom is 0.407 e. The molecule has 1 aliphatic rings. The number of carboxylic acids is 1. The second kappa shape index (κ2) is 10.3. The number of nitrogens with one attached hydrogen (secondary N) is 1. The molecule has 2 aromatic rings. The molecule has 2 atom stereocenters. The normalized spacial score (nSPS) is 14.1. The van der Waals surface area contributed by atoms with Gasteiger partial charge in [0.15, 0.2) is 0 Å². The van der Waals surface area contributed by atoms with Gasteiger partial charge < -0.3 is 20.1 Å². The van der Waals surface area contributed by atoms with Gasteiger partial charge in [0.2, 0.25) is 5.91 Å². The highest BCUT2D eigenvalue weighted by molar-refractivity contribution is 5.83. The zero-order valence-corrected chi connectivity index (χ0v) is 18.7. The summed E-state index contributed by atoms with van der Waals surface area (Å²) < 4.78 is 5.54. The topological polar surface area (TPSA) is 95.9 Å². The molecule has 0 saturated carbocycles. The van der Waals surface area contributed by atoms with E-state index >= 15 is 0 Å². The lowest BCUT2D eigenvalue weighted by Crippen LogP contribution is -2.40. The minimum absolute atomic E-state index is 0.00726. The summed E-state index contributed by atoms with van der Waals surface area (Å²) in [6.07, 6.45) is 0.874. The monoisotopic (exact) mass is 438 g/mol. The van der Waals surface area contributed by atoms with Crippen LogP contribution in [0.3, 0.4) is 0 Å². The molecule has 2 amide bonds. The van der Waals surface area contributed by atoms with Crippen molar-refractivity contribution in [3.63, 3.8) is 0 Å². The molecule has 3 rings (SSSR count). The standard InChI is InChI=1S/C25H30N2O5/c1-16(9-8-14-23(28)27(3)17(2)24(29)30)26-25(31)32-15-22-20-12-6-4-10-18(20)19-11-5-7-13-21(19)22/h4-7,10-13,16-17,22H,8-9,14-15H2,1-3H3,(H,26,31)(H,29,30). The number of fused-ring (bicyclic) bond motifs is 3. The Balaban J connectivity index is 1.45. The number of ether oxygens (including phenoxy) is 1. The molecule has 1 aliphatic carbocycles. The Morgan fingerprint density at radius 3 is 2.16 bits per heavy atom. The maximum absolute atomic E-state index is 12.3. The Kier molecular flexibility index (Phi) is 7.51. The molecule has 0 aliphatic heterocycles. The van der Waals surface area contributed by atoms with E-state index in [0.29, 0.717) is 12.8 Å². The molecular formula is C25H30N2O5. The molecular weight excluding hydrogens is 408 g/mol. The first-order valence-electron chi connectivity index (χ1n) is 10.9. The van der Waals surface area contributed by atoms with E-state index in [9.17, 15) is 14.4 Å². The van der Waals surface area contributed by atoms with Crippen LogP contribution in [0.4, 0.5) is 4.79 Å². The van der Waals surface area contributed by atoms with Crippen molar-refractivity contribution in [3.8, 4) is 11.1 Å². The summed E-state index contributed by atoms with van der Waals surface area (Å²) in [6.45, 7) is 3.58. The van der Waals surface area contributed by atoms with Crippen LogP contribution in [0.5, 0.6) is 0 Å². The van der Waals surface area contributed by atoms with Gasteiger partial charge in [-0.05, 0) is 48.9 Å². The Bertz CT molecular complexity index is 944. The van der Waals surface area contributed by atoms with E-state index < -0.39 is 18.1 Å². The van der Waals surface area contributed by atoms with Gasteiger partial charge in [-0.2, -0.15) is 0 Å². The molecule has 2 N–H and O–H groups in total. The zero-order valence-electron chi connectivity index (χ0n) is 18.7. The fourth-order valence-corrected chi connectivity index (χ4v) is 4.03. The van der Waals surface area contributed by atoms with E-state index in [0.717, 1.165) is 11.1 Å². The van der Waals surface area contributed by atoms with E-state index in [1.807, 2.05) is 31.2 Å². The smallest absolute Gasteiger partial charge is 0.407 e. The van der Waals surface area contributed by atoms with Gasteiger partial charge in [-0.1, -0.05) is 48.5 Å². The Hall–Kier alpha value is -3.35. The summed E-state index contributed by atoms with van der Waals surface area (Å²) in [4.78, 5) is 36.6. The van der Waals surface area contributed by atoms with E-state index in [4.69, 9.17) is 9.84 Å². The van der Waals surface area contributed by atoms with Crippen molar-refractivity contribution in [2.75, 3.05) is 13.7 Å². The van der Waals surface area contributed by atoms with Crippen LogP contribution in [0.2, 0.25) is 0 Å². The summed E-state index contributed by atoms with van der Waals surface area (Å²) in [7, 11) is 1.49. The largest absolute Gasteiger partial charge is 0.480 e. The van der Waals surface area contributed by atoms with Gasteiger partial charge in [0.25, 0.3) is 0 Å². The summed E-state index contributed by atoms with van der Waals surface area (Å²) in [5.41, 5.74) is 4.68. The van der Waals surface area contributed by atoms with Crippen molar-refractivity contribution in [1.29, 1.82) is 0 Å². The number of alkyl carbamates (subject to hydrolysis) is 1. The summed E-state index contributed by atoms with van der Waals surface area (Å²) in [5.74, 6) is -1.26. The molecule has 0 radical (unpaired) electrons. The van der Waals surface area contributed by atoms with Crippen LogP contribution in [-0.4, -0.2) is 53.7 Å². The first kappa shape index (κ1) is 23.3. The van der Waals surface area contributed by atoms with Crippen LogP contribution in [0.15, 0.2) is 48.5 Å². The van der Waals surface area contributed by atoms with Crippen LogP contribution in [-0.2, 0) is 14.3 Å². The summed E-state index contributed by atoms with van der Waals surface area (Å²) in [6, 6.07) is 15.3. The van der Waals surface area contributed by atoms with Crippen LogP contribution >= 0.6 is 0 Å². The molecule has 0 saturated heterocycles. The molecule has 2 unspecified atom stereocenters. The number of carbonyl (C=O) groups is 3. The maximum atomic E-state index is 12.3. The van der Waals surface area contributed by atoms with E-state index in [-0.39, 0.29) is 30.9 Å². The minimum atomic E-state index is -1.04. The van der Waals surface area contributed by atoms with Gasteiger partial charge in [-0.3, -0.25) is 4.79 Å². The summed E-state index contributed by atoms with van der Waals surface area (Å²) >= 11 is 0. The molecule has 7 heteroatoms.